The Morgan fingerprint density at radius 1 is 1.47 bits per heavy atom. The molecule has 1 rings (SSSR count). The van der Waals surface area contributed by atoms with Crippen LogP contribution in [0.2, 0.25) is 0 Å². The highest BCUT2D eigenvalue weighted by molar-refractivity contribution is 5.67. The van der Waals surface area contributed by atoms with Gasteiger partial charge in [0, 0.05) is 13.1 Å². The molecule has 1 saturated heterocycles. The fraction of sp³-hybridized carbons (Fsp3) is 0.867. The van der Waals surface area contributed by atoms with Crippen molar-refractivity contribution in [3.8, 4) is 6.07 Å². The molecule has 4 heteroatoms. The van der Waals surface area contributed by atoms with Crippen molar-refractivity contribution in [3.63, 3.8) is 0 Å². The van der Waals surface area contributed by atoms with Crippen molar-refractivity contribution in [2.75, 3.05) is 19.7 Å². The van der Waals surface area contributed by atoms with E-state index in [1.165, 1.54) is 0 Å². The van der Waals surface area contributed by atoms with Crippen LogP contribution >= 0.6 is 0 Å². The second kappa shape index (κ2) is 6.27. The smallest absolute Gasteiger partial charge is 0.409 e. The molecule has 0 radical (unpaired) electrons. The summed E-state index contributed by atoms with van der Waals surface area (Å²) in [6, 6.07) is 2.34. The van der Waals surface area contributed by atoms with Crippen LogP contribution in [0.3, 0.4) is 0 Å². The van der Waals surface area contributed by atoms with Crippen molar-refractivity contribution < 1.29 is 9.53 Å². The minimum Gasteiger partial charge on any atom is -0.449 e. The Hall–Kier alpha value is -1.24. The highest BCUT2D eigenvalue weighted by atomic mass is 16.6. The van der Waals surface area contributed by atoms with Crippen molar-refractivity contribution in [3.05, 3.63) is 0 Å². The van der Waals surface area contributed by atoms with Crippen LogP contribution in [0.1, 0.15) is 41.0 Å². The molecule has 19 heavy (non-hydrogen) atoms. The number of hydrogen-bond acceptors (Lipinski definition) is 3. The summed E-state index contributed by atoms with van der Waals surface area (Å²) in [5.74, 6) is 0.796. The predicted octanol–water partition coefficient (Wildman–Crippen LogP) is 3.29. The zero-order valence-corrected chi connectivity index (χ0v) is 12.8. The van der Waals surface area contributed by atoms with E-state index in [4.69, 9.17) is 4.74 Å². The normalized spacial score (nSPS) is 24.2. The number of carbonyl (C=O) groups is 1. The second-order valence-electron chi connectivity index (χ2n) is 6.99. The lowest BCUT2D eigenvalue weighted by Crippen LogP contribution is -2.45. The summed E-state index contributed by atoms with van der Waals surface area (Å²) in [5.41, 5.74) is -0.0272. The summed E-state index contributed by atoms with van der Waals surface area (Å²) < 4.78 is 5.31. The van der Waals surface area contributed by atoms with Crippen molar-refractivity contribution >= 4 is 6.09 Å². The van der Waals surface area contributed by atoms with Crippen LogP contribution in [0.25, 0.3) is 0 Å². The average molecular weight is 266 g/mol. The molecule has 2 atom stereocenters. The minimum absolute atomic E-state index is 0.0272. The summed E-state index contributed by atoms with van der Waals surface area (Å²) in [6.07, 6.45) is 0.609. The van der Waals surface area contributed by atoms with E-state index in [1.807, 2.05) is 20.8 Å². The maximum absolute atomic E-state index is 12.0. The molecule has 0 aromatic heterocycles. The zero-order chi connectivity index (χ0) is 14.6. The predicted molar refractivity (Wildman–Crippen MR) is 74.4 cm³/mol. The van der Waals surface area contributed by atoms with Crippen molar-refractivity contribution in [2.45, 2.75) is 41.0 Å². The van der Waals surface area contributed by atoms with Gasteiger partial charge >= 0.3 is 6.09 Å². The number of ether oxygens (including phenoxy) is 1. The van der Waals surface area contributed by atoms with Crippen molar-refractivity contribution in [1.29, 1.82) is 5.26 Å². The standard InChI is InChI=1S/C15H26N2O2/c1-11(2)13-6-7-17(9-12(13)8-16)14(18)19-10-15(3,4)5/h11-13H,6-7,9-10H2,1-5H3. The Bertz CT molecular complexity index is 352. The molecule has 1 fully saturated rings. The van der Waals surface area contributed by atoms with Crippen LogP contribution in [0, 0.1) is 34.5 Å². The monoisotopic (exact) mass is 266 g/mol. The topological polar surface area (TPSA) is 53.3 Å². The molecular formula is C15H26N2O2. The first-order chi connectivity index (χ1) is 8.74. The van der Waals surface area contributed by atoms with Crippen LogP contribution < -0.4 is 0 Å². The van der Waals surface area contributed by atoms with Crippen molar-refractivity contribution in [2.24, 2.45) is 23.2 Å². The molecule has 0 aliphatic carbocycles. The fourth-order valence-corrected chi connectivity index (χ4v) is 2.44. The Morgan fingerprint density at radius 2 is 2.11 bits per heavy atom. The number of nitrogens with zero attached hydrogens (tertiary/aromatic N) is 2. The Balaban J connectivity index is 2.54. The Morgan fingerprint density at radius 3 is 2.58 bits per heavy atom. The quantitative estimate of drug-likeness (QED) is 0.770. The van der Waals surface area contributed by atoms with Gasteiger partial charge in [0.1, 0.15) is 0 Å². The lowest BCUT2D eigenvalue weighted by atomic mass is 9.79. The number of carbonyl (C=O) groups excluding carboxylic acids is 1. The second-order valence-corrected chi connectivity index (χ2v) is 6.99. The Kier molecular flexibility index (Phi) is 5.22. The molecule has 108 valence electrons. The molecule has 0 bridgehead atoms. The number of rotatable bonds is 2. The first-order valence-electron chi connectivity index (χ1n) is 7.06. The van der Waals surface area contributed by atoms with Crippen LogP contribution in [-0.2, 0) is 4.74 Å². The van der Waals surface area contributed by atoms with E-state index in [2.05, 4.69) is 19.9 Å². The van der Waals surface area contributed by atoms with Crippen LogP contribution in [0.15, 0.2) is 0 Å². The SMILES string of the molecule is CC(C)C1CCN(C(=O)OCC(C)(C)C)CC1C#N. The van der Waals surface area contributed by atoms with E-state index in [-0.39, 0.29) is 17.4 Å². The van der Waals surface area contributed by atoms with Gasteiger partial charge in [-0.25, -0.2) is 4.79 Å². The van der Waals surface area contributed by atoms with Crippen molar-refractivity contribution in [1.82, 2.24) is 4.90 Å². The number of likely N-dealkylation sites (tertiary alicyclic amines) is 1. The van der Waals surface area contributed by atoms with E-state index in [1.54, 1.807) is 4.90 Å². The maximum Gasteiger partial charge on any atom is 0.409 e. The molecule has 0 N–H and O–H groups in total. The van der Waals surface area contributed by atoms with E-state index in [0.29, 0.717) is 31.5 Å². The third kappa shape index (κ3) is 4.74. The highest BCUT2D eigenvalue weighted by Gasteiger charge is 2.34. The first kappa shape index (κ1) is 15.8. The van der Waals surface area contributed by atoms with Crippen LogP contribution in [-0.4, -0.2) is 30.7 Å². The molecule has 1 amide bonds. The van der Waals surface area contributed by atoms with Gasteiger partial charge in [-0.15, -0.1) is 0 Å². The molecule has 0 saturated carbocycles. The van der Waals surface area contributed by atoms with Gasteiger partial charge in [-0.05, 0) is 23.7 Å². The van der Waals surface area contributed by atoms with Gasteiger partial charge in [0.15, 0.2) is 0 Å². The highest BCUT2D eigenvalue weighted by Crippen LogP contribution is 2.30. The molecular weight excluding hydrogens is 240 g/mol. The average Bonchev–Trinajstić information content (AvgIpc) is 2.34. The van der Waals surface area contributed by atoms with Gasteiger partial charge in [-0.3, -0.25) is 0 Å². The molecule has 1 aliphatic rings. The lowest BCUT2D eigenvalue weighted by Gasteiger charge is -2.37. The van der Waals surface area contributed by atoms with E-state index >= 15 is 0 Å². The lowest BCUT2D eigenvalue weighted by molar-refractivity contribution is 0.0502. The summed E-state index contributed by atoms with van der Waals surface area (Å²) in [5, 5.41) is 9.24. The molecule has 1 aliphatic heterocycles. The Labute approximate surface area is 116 Å². The number of piperidine rings is 1. The van der Waals surface area contributed by atoms with Gasteiger partial charge in [0.2, 0.25) is 0 Å². The van der Waals surface area contributed by atoms with Gasteiger partial charge in [0.05, 0.1) is 18.6 Å². The van der Waals surface area contributed by atoms with E-state index in [0.717, 1.165) is 6.42 Å². The summed E-state index contributed by atoms with van der Waals surface area (Å²) in [4.78, 5) is 13.7. The summed E-state index contributed by atoms with van der Waals surface area (Å²) in [6.45, 7) is 12.0. The zero-order valence-electron chi connectivity index (χ0n) is 12.8. The summed E-state index contributed by atoms with van der Waals surface area (Å²) in [7, 11) is 0. The van der Waals surface area contributed by atoms with Gasteiger partial charge in [0.25, 0.3) is 0 Å². The maximum atomic E-state index is 12.0. The molecule has 0 aromatic rings. The number of nitriles is 1. The molecule has 0 aromatic carbocycles. The van der Waals surface area contributed by atoms with E-state index in [9.17, 15) is 10.1 Å². The van der Waals surface area contributed by atoms with Crippen LogP contribution in [0.4, 0.5) is 4.79 Å². The minimum atomic E-state index is -0.280. The van der Waals surface area contributed by atoms with Gasteiger partial charge in [-0.1, -0.05) is 34.6 Å². The van der Waals surface area contributed by atoms with Gasteiger partial charge in [-0.2, -0.15) is 5.26 Å². The van der Waals surface area contributed by atoms with E-state index < -0.39 is 0 Å². The number of hydrogen-bond donors (Lipinski definition) is 0. The fourth-order valence-electron chi connectivity index (χ4n) is 2.44. The summed E-state index contributed by atoms with van der Waals surface area (Å²) >= 11 is 0. The first-order valence-corrected chi connectivity index (χ1v) is 7.06. The van der Waals surface area contributed by atoms with Crippen LogP contribution in [0.5, 0.6) is 0 Å². The third-order valence-electron chi connectivity index (χ3n) is 3.58. The largest absolute Gasteiger partial charge is 0.449 e. The number of amides is 1. The molecule has 0 spiro atoms. The molecule has 4 nitrogen and oxygen atoms in total. The third-order valence-corrected chi connectivity index (χ3v) is 3.58. The molecule has 1 heterocycles. The molecule has 2 unspecified atom stereocenters. The van der Waals surface area contributed by atoms with Gasteiger partial charge < -0.3 is 9.64 Å².